The average molecular weight is 269 g/mol. The zero-order valence-corrected chi connectivity index (χ0v) is 12.3. The number of aryl methyl sites for hydroxylation is 2. The van der Waals surface area contributed by atoms with Crippen molar-refractivity contribution in [2.24, 2.45) is 0 Å². The molecule has 0 saturated heterocycles. The van der Waals surface area contributed by atoms with Crippen molar-refractivity contribution < 1.29 is 9.90 Å². The summed E-state index contributed by atoms with van der Waals surface area (Å²) in [6.07, 6.45) is 3.68. The van der Waals surface area contributed by atoms with Gasteiger partial charge in [0.15, 0.2) is 0 Å². The molecule has 102 valence electrons. The first kappa shape index (κ1) is 15.2. The average Bonchev–Trinajstić information content (AvgIpc) is 2.69. The Kier molecular flexibility index (Phi) is 6.36. The molecule has 1 aromatic rings. The van der Waals surface area contributed by atoms with E-state index >= 15 is 0 Å². The Morgan fingerprint density at radius 2 is 2.28 bits per heavy atom. The van der Waals surface area contributed by atoms with Gasteiger partial charge < -0.3 is 10.4 Å². The largest absolute Gasteiger partial charge is 0.396 e. The van der Waals surface area contributed by atoms with Gasteiger partial charge in [-0.15, -0.1) is 11.3 Å². The lowest BCUT2D eigenvalue weighted by atomic mass is 10.1. The van der Waals surface area contributed by atoms with Crippen LogP contribution in [0.15, 0.2) is 6.07 Å². The van der Waals surface area contributed by atoms with Crippen LogP contribution in [0.5, 0.6) is 0 Å². The van der Waals surface area contributed by atoms with Gasteiger partial charge in [0.1, 0.15) is 0 Å². The molecule has 2 N–H and O–H groups in total. The lowest BCUT2D eigenvalue weighted by Gasteiger charge is -2.11. The predicted octanol–water partition coefficient (Wildman–Crippen LogP) is 2.90. The Morgan fingerprint density at radius 3 is 2.89 bits per heavy atom. The fourth-order valence-electron chi connectivity index (χ4n) is 1.91. The molecule has 0 radical (unpaired) electrons. The van der Waals surface area contributed by atoms with E-state index in [1.807, 2.05) is 13.0 Å². The molecule has 1 unspecified atom stereocenters. The fraction of sp³-hybridized carbons (Fsp3) is 0.643. The summed E-state index contributed by atoms with van der Waals surface area (Å²) in [5.74, 6) is 0.0101. The van der Waals surface area contributed by atoms with E-state index in [0.29, 0.717) is 0 Å². The molecule has 1 rings (SSSR count). The number of hydrogen-bond donors (Lipinski definition) is 2. The van der Waals surface area contributed by atoms with Crippen molar-refractivity contribution in [2.45, 2.75) is 52.5 Å². The van der Waals surface area contributed by atoms with E-state index in [2.05, 4.69) is 19.2 Å². The predicted molar refractivity (Wildman–Crippen MR) is 76.3 cm³/mol. The van der Waals surface area contributed by atoms with Crippen molar-refractivity contribution in [2.75, 3.05) is 6.61 Å². The molecule has 0 aliphatic heterocycles. The molecule has 0 aliphatic carbocycles. The summed E-state index contributed by atoms with van der Waals surface area (Å²) in [7, 11) is 0. The van der Waals surface area contributed by atoms with E-state index in [1.54, 1.807) is 11.3 Å². The number of carbonyl (C=O) groups excluding carboxylic acids is 1. The summed E-state index contributed by atoms with van der Waals surface area (Å²) in [5, 5.41) is 11.7. The van der Waals surface area contributed by atoms with Gasteiger partial charge in [0.05, 0.1) is 4.88 Å². The van der Waals surface area contributed by atoms with Crippen molar-refractivity contribution in [1.82, 2.24) is 5.32 Å². The maximum atomic E-state index is 12.0. The molecule has 1 heterocycles. The van der Waals surface area contributed by atoms with Gasteiger partial charge in [-0.3, -0.25) is 4.79 Å². The minimum absolute atomic E-state index is 0.0101. The second-order valence-electron chi connectivity index (χ2n) is 4.68. The van der Waals surface area contributed by atoms with Crippen molar-refractivity contribution in [3.05, 3.63) is 21.4 Å². The van der Waals surface area contributed by atoms with Gasteiger partial charge >= 0.3 is 0 Å². The third-order valence-corrected chi connectivity index (χ3v) is 4.03. The highest BCUT2D eigenvalue weighted by Crippen LogP contribution is 2.22. The van der Waals surface area contributed by atoms with Gasteiger partial charge in [-0.1, -0.05) is 13.3 Å². The minimum Gasteiger partial charge on any atom is -0.396 e. The third kappa shape index (κ3) is 4.42. The Hall–Kier alpha value is -0.870. The first-order valence-corrected chi connectivity index (χ1v) is 7.41. The highest BCUT2D eigenvalue weighted by atomic mass is 32.1. The Balaban J connectivity index is 2.58. The summed E-state index contributed by atoms with van der Waals surface area (Å²) < 4.78 is 0. The lowest BCUT2D eigenvalue weighted by molar-refractivity contribution is 0.0940. The number of carbonyl (C=O) groups is 1. The lowest BCUT2D eigenvalue weighted by Crippen LogP contribution is -2.32. The van der Waals surface area contributed by atoms with Crippen molar-refractivity contribution >= 4 is 17.2 Å². The Labute approximate surface area is 113 Å². The van der Waals surface area contributed by atoms with Gasteiger partial charge in [0.25, 0.3) is 5.91 Å². The van der Waals surface area contributed by atoms with Crippen LogP contribution in [-0.2, 0) is 6.42 Å². The first-order chi connectivity index (χ1) is 8.58. The monoisotopic (exact) mass is 269 g/mol. The molecule has 1 amide bonds. The topological polar surface area (TPSA) is 49.3 Å². The number of aliphatic hydroxyl groups is 1. The number of aliphatic hydroxyl groups excluding tert-OH is 1. The fourth-order valence-corrected chi connectivity index (χ4v) is 2.89. The summed E-state index contributed by atoms with van der Waals surface area (Å²) in [6, 6.07) is 2.12. The van der Waals surface area contributed by atoms with E-state index < -0.39 is 0 Å². The summed E-state index contributed by atoms with van der Waals surface area (Å²) in [4.78, 5) is 14.1. The van der Waals surface area contributed by atoms with Crippen LogP contribution in [0.3, 0.4) is 0 Å². The second kappa shape index (κ2) is 7.54. The minimum atomic E-state index is 0.0101. The molecule has 1 aromatic heterocycles. The van der Waals surface area contributed by atoms with Crippen LogP contribution >= 0.6 is 11.3 Å². The molecule has 0 bridgehead atoms. The van der Waals surface area contributed by atoms with Gasteiger partial charge in [-0.2, -0.15) is 0 Å². The van der Waals surface area contributed by atoms with Gasteiger partial charge in [0.2, 0.25) is 0 Å². The molecular weight excluding hydrogens is 246 g/mol. The van der Waals surface area contributed by atoms with Gasteiger partial charge in [0, 0.05) is 17.5 Å². The van der Waals surface area contributed by atoms with Crippen molar-refractivity contribution in [1.29, 1.82) is 0 Å². The van der Waals surface area contributed by atoms with Crippen LogP contribution in [0.1, 0.15) is 53.2 Å². The smallest absolute Gasteiger partial charge is 0.261 e. The maximum absolute atomic E-state index is 12.0. The molecule has 3 nitrogen and oxygen atoms in total. The van der Waals surface area contributed by atoms with Crippen LogP contribution in [0.2, 0.25) is 0 Å². The molecular formula is C14H23NO2S. The quantitative estimate of drug-likeness (QED) is 0.799. The summed E-state index contributed by atoms with van der Waals surface area (Å²) in [6.45, 7) is 6.37. The first-order valence-electron chi connectivity index (χ1n) is 6.59. The van der Waals surface area contributed by atoms with Crippen LogP contribution in [0.25, 0.3) is 0 Å². The van der Waals surface area contributed by atoms with Crippen molar-refractivity contribution in [3.8, 4) is 0 Å². The number of rotatable bonds is 7. The molecule has 0 aromatic carbocycles. The number of hydrogen-bond acceptors (Lipinski definition) is 3. The molecule has 0 aliphatic rings. The maximum Gasteiger partial charge on any atom is 0.261 e. The molecule has 4 heteroatoms. The summed E-state index contributed by atoms with van der Waals surface area (Å²) >= 11 is 1.57. The SMILES string of the molecule is CCCc1cc(C(=O)NC(C)CCCO)sc1C. The van der Waals surface area contributed by atoms with E-state index in [4.69, 9.17) is 5.11 Å². The Morgan fingerprint density at radius 1 is 1.56 bits per heavy atom. The van der Waals surface area contributed by atoms with Gasteiger partial charge in [-0.25, -0.2) is 0 Å². The van der Waals surface area contributed by atoms with E-state index in [1.165, 1.54) is 10.4 Å². The van der Waals surface area contributed by atoms with Gasteiger partial charge in [-0.05, 0) is 44.7 Å². The van der Waals surface area contributed by atoms with Crippen LogP contribution in [0.4, 0.5) is 0 Å². The number of thiophene rings is 1. The zero-order chi connectivity index (χ0) is 13.5. The molecule has 18 heavy (non-hydrogen) atoms. The summed E-state index contributed by atoms with van der Waals surface area (Å²) in [5.41, 5.74) is 1.29. The molecule has 0 saturated carbocycles. The second-order valence-corrected chi connectivity index (χ2v) is 5.94. The van der Waals surface area contributed by atoms with E-state index in [-0.39, 0.29) is 18.6 Å². The van der Waals surface area contributed by atoms with Crippen molar-refractivity contribution in [3.63, 3.8) is 0 Å². The third-order valence-electron chi connectivity index (χ3n) is 2.94. The Bertz CT molecular complexity index is 387. The molecule has 1 atom stereocenters. The number of nitrogens with one attached hydrogen (secondary N) is 1. The number of amides is 1. The van der Waals surface area contributed by atoms with Crippen LogP contribution in [0, 0.1) is 6.92 Å². The normalized spacial score (nSPS) is 12.4. The van der Waals surface area contributed by atoms with Crippen LogP contribution in [-0.4, -0.2) is 23.7 Å². The highest BCUT2D eigenvalue weighted by Gasteiger charge is 2.13. The molecule has 0 spiro atoms. The van der Waals surface area contributed by atoms with Crippen LogP contribution < -0.4 is 5.32 Å². The zero-order valence-electron chi connectivity index (χ0n) is 11.5. The molecule has 0 fully saturated rings. The highest BCUT2D eigenvalue weighted by molar-refractivity contribution is 7.14. The van der Waals surface area contributed by atoms with E-state index in [9.17, 15) is 4.79 Å². The standard InChI is InChI=1S/C14H23NO2S/c1-4-6-12-9-13(18-11(12)3)14(17)15-10(2)7-5-8-16/h9-10,16H,4-8H2,1-3H3,(H,15,17). The van der Waals surface area contributed by atoms with E-state index in [0.717, 1.165) is 30.6 Å².